The largest absolute Gasteiger partial charge is 0.478 e. The molecule has 0 unspecified atom stereocenters. The van der Waals surface area contributed by atoms with E-state index in [1.165, 1.54) is 55.3 Å². The van der Waals surface area contributed by atoms with Crippen LogP contribution in [0.15, 0.2) is 59.1 Å². The molecular weight excluding hydrogens is 505 g/mol. The van der Waals surface area contributed by atoms with Crippen molar-refractivity contribution in [2.45, 2.75) is 13.1 Å². The molecule has 192 valence electrons. The third-order valence-electron chi connectivity index (χ3n) is 5.80. The minimum Gasteiger partial charge on any atom is -0.478 e. The number of aromatic carboxylic acids is 1. The maximum Gasteiger partial charge on any atom is 0.417 e. The number of aromatic nitrogens is 1. The lowest BCUT2D eigenvalue weighted by molar-refractivity contribution is -0.137. The fourth-order valence-corrected chi connectivity index (χ4v) is 3.75. The summed E-state index contributed by atoms with van der Waals surface area (Å²) in [7, 11) is 1.52. The number of nitrogens with zero attached hydrogens (tertiary/aromatic N) is 3. The van der Waals surface area contributed by atoms with Gasteiger partial charge in [0.25, 0.3) is 5.91 Å². The van der Waals surface area contributed by atoms with E-state index < -0.39 is 23.6 Å². The minimum atomic E-state index is -4.77. The number of carbonyl (C=O) groups excluding carboxylic acids is 2. The van der Waals surface area contributed by atoms with Crippen LogP contribution < -0.4 is 10.2 Å². The number of halogens is 3. The zero-order chi connectivity index (χ0) is 27.8. The van der Waals surface area contributed by atoms with Crippen molar-refractivity contribution in [1.82, 2.24) is 5.16 Å². The van der Waals surface area contributed by atoms with Crippen molar-refractivity contribution in [3.63, 3.8) is 0 Å². The van der Waals surface area contributed by atoms with Crippen molar-refractivity contribution in [3.8, 4) is 17.2 Å². The predicted octanol–water partition coefficient (Wildman–Crippen LogP) is 5.32. The van der Waals surface area contributed by atoms with E-state index in [1.807, 2.05) is 0 Å². The monoisotopic (exact) mass is 522 g/mol. The van der Waals surface area contributed by atoms with E-state index in [2.05, 4.69) is 10.5 Å². The number of carboxylic acid groups (broad SMARTS) is 1. The molecule has 2 amide bonds. The zero-order valence-electron chi connectivity index (χ0n) is 19.8. The molecular formula is C26H17F3N4O5. The van der Waals surface area contributed by atoms with Crippen molar-refractivity contribution in [2.75, 3.05) is 17.3 Å². The van der Waals surface area contributed by atoms with Gasteiger partial charge >= 0.3 is 12.1 Å². The molecule has 12 heteroatoms. The van der Waals surface area contributed by atoms with Crippen LogP contribution >= 0.6 is 0 Å². The molecule has 38 heavy (non-hydrogen) atoms. The summed E-state index contributed by atoms with van der Waals surface area (Å²) >= 11 is 0. The molecule has 4 aromatic rings. The maximum absolute atomic E-state index is 13.9. The topological polar surface area (TPSA) is 137 Å². The fourth-order valence-electron chi connectivity index (χ4n) is 3.75. The Balaban J connectivity index is 1.79. The highest BCUT2D eigenvalue weighted by molar-refractivity contribution is 6.13. The molecule has 0 saturated carbocycles. The molecule has 0 aliphatic carbocycles. The highest BCUT2D eigenvalue weighted by Crippen LogP contribution is 2.40. The van der Waals surface area contributed by atoms with Crippen molar-refractivity contribution < 1.29 is 37.2 Å². The number of anilines is 2. The molecule has 0 atom stereocenters. The molecule has 0 spiro atoms. The van der Waals surface area contributed by atoms with Crippen LogP contribution in [0.3, 0.4) is 0 Å². The predicted molar refractivity (Wildman–Crippen MR) is 130 cm³/mol. The van der Waals surface area contributed by atoms with Gasteiger partial charge in [-0.3, -0.25) is 9.59 Å². The Morgan fingerprint density at radius 1 is 1.08 bits per heavy atom. The Labute approximate surface area is 212 Å². The number of benzene rings is 3. The van der Waals surface area contributed by atoms with Gasteiger partial charge in [-0.1, -0.05) is 17.3 Å². The first-order valence-electron chi connectivity index (χ1n) is 10.8. The van der Waals surface area contributed by atoms with Gasteiger partial charge in [0.15, 0.2) is 11.3 Å². The van der Waals surface area contributed by atoms with Gasteiger partial charge in [-0.15, -0.1) is 0 Å². The summed E-state index contributed by atoms with van der Waals surface area (Å²) < 4.78 is 46.8. The Morgan fingerprint density at radius 3 is 2.34 bits per heavy atom. The van der Waals surface area contributed by atoms with Gasteiger partial charge in [-0.05, 0) is 53.6 Å². The first kappa shape index (κ1) is 25.9. The Morgan fingerprint density at radius 2 is 1.76 bits per heavy atom. The summed E-state index contributed by atoms with van der Waals surface area (Å²) in [6.45, 7) is 1.35. The van der Waals surface area contributed by atoms with E-state index in [4.69, 9.17) is 9.78 Å². The average molecular weight is 522 g/mol. The Hall–Kier alpha value is -5.18. The molecule has 0 radical (unpaired) electrons. The highest BCUT2D eigenvalue weighted by atomic mass is 19.4. The number of nitriles is 1. The average Bonchev–Trinajstić information content (AvgIpc) is 3.30. The molecule has 0 saturated heterocycles. The van der Waals surface area contributed by atoms with Gasteiger partial charge in [0, 0.05) is 19.7 Å². The minimum absolute atomic E-state index is 0.0408. The van der Waals surface area contributed by atoms with E-state index in [-0.39, 0.29) is 50.5 Å². The van der Waals surface area contributed by atoms with Gasteiger partial charge in [0.05, 0.1) is 33.8 Å². The van der Waals surface area contributed by atoms with Crippen LogP contribution in [0.2, 0.25) is 0 Å². The second-order valence-electron chi connectivity index (χ2n) is 8.18. The van der Waals surface area contributed by atoms with Gasteiger partial charge < -0.3 is 19.8 Å². The van der Waals surface area contributed by atoms with E-state index in [0.29, 0.717) is 5.69 Å². The summed E-state index contributed by atoms with van der Waals surface area (Å²) in [4.78, 5) is 37.5. The highest BCUT2D eigenvalue weighted by Gasteiger charge is 2.35. The molecule has 9 nitrogen and oxygen atoms in total. The maximum atomic E-state index is 13.9. The quantitative estimate of drug-likeness (QED) is 0.362. The van der Waals surface area contributed by atoms with Crippen LogP contribution in [0.1, 0.15) is 38.9 Å². The third-order valence-corrected chi connectivity index (χ3v) is 5.80. The number of carboxylic acids is 1. The Bertz CT molecular complexity index is 1640. The third kappa shape index (κ3) is 4.90. The Kier molecular flexibility index (Phi) is 6.61. The van der Waals surface area contributed by atoms with Crippen LogP contribution in [0.5, 0.6) is 0 Å². The van der Waals surface area contributed by atoms with Gasteiger partial charge in [-0.2, -0.15) is 18.4 Å². The van der Waals surface area contributed by atoms with Crippen LogP contribution in [0, 0.1) is 11.3 Å². The number of fused-ring (bicyclic) bond motifs is 1. The molecule has 0 aliphatic rings. The molecule has 0 aliphatic heterocycles. The zero-order valence-corrected chi connectivity index (χ0v) is 19.8. The van der Waals surface area contributed by atoms with Gasteiger partial charge in [0.1, 0.15) is 0 Å². The van der Waals surface area contributed by atoms with Gasteiger partial charge in [0.2, 0.25) is 5.91 Å². The van der Waals surface area contributed by atoms with E-state index in [1.54, 1.807) is 6.07 Å². The molecule has 1 aromatic heterocycles. The van der Waals surface area contributed by atoms with Crippen molar-refractivity contribution >= 4 is 40.1 Å². The summed E-state index contributed by atoms with van der Waals surface area (Å²) in [5.41, 5.74) is -1.79. The lowest BCUT2D eigenvalue weighted by Crippen LogP contribution is -2.22. The van der Waals surface area contributed by atoms with Crippen molar-refractivity contribution in [1.29, 1.82) is 5.26 Å². The summed E-state index contributed by atoms with van der Waals surface area (Å²) in [5, 5.41) is 24.4. The molecule has 4 rings (SSSR count). The van der Waals surface area contributed by atoms with Crippen LogP contribution in [0.4, 0.5) is 24.5 Å². The number of amides is 2. The number of hydrogen-bond acceptors (Lipinski definition) is 6. The second kappa shape index (κ2) is 9.70. The first-order valence-corrected chi connectivity index (χ1v) is 10.8. The van der Waals surface area contributed by atoms with Crippen LogP contribution in [-0.2, 0) is 11.0 Å². The lowest BCUT2D eigenvalue weighted by atomic mass is 9.96. The first-order chi connectivity index (χ1) is 17.9. The number of alkyl halides is 3. The molecule has 2 N–H and O–H groups in total. The molecule has 0 bridgehead atoms. The fraction of sp³-hybridized carbons (Fsp3) is 0.115. The van der Waals surface area contributed by atoms with Crippen molar-refractivity contribution in [3.05, 3.63) is 77.0 Å². The molecule has 3 aromatic carbocycles. The van der Waals surface area contributed by atoms with Gasteiger partial charge in [-0.25, -0.2) is 4.79 Å². The molecule has 1 heterocycles. The summed E-state index contributed by atoms with van der Waals surface area (Å²) in [6, 6.07) is 13.0. The number of rotatable bonds is 5. The van der Waals surface area contributed by atoms with Crippen LogP contribution in [-0.4, -0.2) is 35.1 Å². The SMILES string of the molecule is CC(=O)N(C)c1ccc(-c2cc3c(C(=O)Nc4ccc(C#N)cc4C(=O)O)noc3cc2C(F)(F)F)cc1. The van der Waals surface area contributed by atoms with E-state index in [9.17, 15) is 32.7 Å². The summed E-state index contributed by atoms with van der Waals surface area (Å²) in [6.07, 6.45) is -4.77. The number of hydrogen-bond donors (Lipinski definition) is 2. The standard InChI is InChI=1S/C26H17F3N4O5/c1-13(34)33(2)16-6-4-15(5-7-16)17-10-19-22(11-20(17)26(27,28)29)38-32-23(19)24(35)31-21-8-3-14(12-30)9-18(21)25(36)37/h3-11H,1-2H3,(H,31,35)(H,36,37). The van der Waals surface area contributed by atoms with E-state index in [0.717, 1.165) is 18.2 Å². The number of nitrogens with one attached hydrogen (secondary N) is 1. The van der Waals surface area contributed by atoms with E-state index >= 15 is 0 Å². The smallest absolute Gasteiger partial charge is 0.417 e. The normalized spacial score (nSPS) is 11.2. The molecule has 0 fully saturated rings. The number of carbonyl (C=O) groups is 3. The lowest BCUT2D eigenvalue weighted by Gasteiger charge is -2.17. The van der Waals surface area contributed by atoms with Crippen LogP contribution in [0.25, 0.3) is 22.1 Å². The van der Waals surface area contributed by atoms with Crippen molar-refractivity contribution in [2.24, 2.45) is 0 Å². The summed E-state index contributed by atoms with van der Waals surface area (Å²) in [5.74, 6) is -2.60. The second-order valence-corrected chi connectivity index (χ2v) is 8.18.